The zero-order chi connectivity index (χ0) is 12.4. The second-order valence-electron chi connectivity index (χ2n) is 5.80. The SMILES string of the molecule is O=C1NCCN1CCNCC1CCN(C2CC2)C1. The van der Waals surface area contributed by atoms with E-state index in [4.69, 9.17) is 0 Å². The van der Waals surface area contributed by atoms with Gasteiger partial charge in [0.2, 0.25) is 0 Å². The van der Waals surface area contributed by atoms with Crippen LogP contribution in [0, 0.1) is 5.92 Å². The maximum atomic E-state index is 11.3. The topological polar surface area (TPSA) is 47.6 Å². The van der Waals surface area contributed by atoms with Gasteiger partial charge in [0.1, 0.15) is 0 Å². The molecule has 3 fully saturated rings. The van der Waals surface area contributed by atoms with Crippen LogP contribution in [0.1, 0.15) is 19.3 Å². The number of carbonyl (C=O) groups is 1. The zero-order valence-electron chi connectivity index (χ0n) is 11.0. The molecule has 1 saturated carbocycles. The summed E-state index contributed by atoms with van der Waals surface area (Å²) in [4.78, 5) is 15.9. The van der Waals surface area contributed by atoms with Gasteiger partial charge >= 0.3 is 6.03 Å². The predicted octanol–water partition coefficient (Wildman–Crippen LogP) is 0.0855. The molecule has 5 nitrogen and oxygen atoms in total. The molecular formula is C13H24N4O. The van der Waals surface area contributed by atoms with E-state index < -0.39 is 0 Å². The van der Waals surface area contributed by atoms with E-state index in [9.17, 15) is 4.79 Å². The van der Waals surface area contributed by atoms with Crippen molar-refractivity contribution in [1.82, 2.24) is 20.4 Å². The minimum atomic E-state index is 0.0950. The number of amides is 2. The Morgan fingerprint density at radius 2 is 2.17 bits per heavy atom. The molecule has 1 aliphatic carbocycles. The lowest BCUT2D eigenvalue weighted by molar-refractivity contribution is 0.217. The Kier molecular flexibility index (Phi) is 3.70. The van der Waals surface area contributed by atoms with Crippen molar-refractivity contribution in [2.75, 3.05) is 45.8 Å². The second kappa shape index (κ2) is 5.45. The molecule has 5 heteroatoms. The number of hydrogen-bond donors (Lipinski definition) is 2. The molecule has 1 unspecified atom stereocenters. The highest BCUT2D eigenvalue weighted by molar-refractivity contribution is 5.76. The molecule has 1 atom stereocenters. The Morgan fingerprint density at radius 3 is 2.89 bits per heavy atom. The lowest BCUT2D eigenvalue weighted by atomic mass is 10.1. The number of likely N-dealkylation sites (tertiary alicyclic amines) is 1. The van der Waals surface area contributed by atoms with Gasteiger partial charge in [0.15, 0.2) is 0 Å². The first-order valence-corrected chi connectivity index (χ1v) is 7.30. The van der Waals surface area contributed by atoms with Crippen LogP contribution in [-0.4, -0.2) is 67.7 Å². The van der Waals surface area contributed by atoms with Gasteiger partial charge in [-0.1, -0.05) is 0 Å². The van der Waals surface area contributed by atoms with Gasteiger partial charge in [0, 0.05) is 38.8 Å². The van der Waals surface area contributed by atoms with E-state index >= 15 is 0 Å². The van der Waals surface area contributed by atoms with Crippen molar-refractivity contribution in [1.29, 1.82) is 0 Å². The van der Waals surface area contributed by atoms with Crippen molar-refractivity contribution in [2.45, 2.75) is 25.3 Å². The number of hydrogen-bond acceptors (Lipinski definition) is 3. The van der Waals surface area contributed by atoms with Gasteiger partial charge in [0.25, 0.3) is 0 Å². The molecule has 2 heterocycles. The molecular weight excluding hydrogens is 228 g/mol. The molecule has 102 valence electrons. The van der Waals surface area contributed by atoms with Gasteiger partial charge in [-0.2, -0.15) is 0 Å². The minimum absolute atomic E-state index is 0.0950. The molecule has 2 N–H and O–H groups in total. The molecule has 2 amide bonds. The Bertz CT molecular complexity index is 305. The van der Waals surface area contributed by atoms with Crippen molar-refractivity contribution in [2.24, 2.45) is 5.92 Å². The molecule has 0 bridgehead atoms. The summed E-state index contributed by atoms with van der Waals surface area (Å²) in [5.74, 6) is 0.818. The van der Waals surface area contributed by atoms with E-state index in [1.165, 1.54) is 32.4 Å². The van der Waals surface area contributed by atoms with E-state index in [0.717, 1.165) is 44.7 Å². The average molecular weight is 252 g/mol. The lowest BCUT2D eigenvalue weighted by Crippen LogP contribution is -2.36. The van der Waals surface area contributed by atoms with Crippen molar-refractivity contribution in [3.8, 4) is 0 Å². The number of carbonyl (C=O) groups excluding carboxylic acids is 1. The van der Waals surface area contributed by atoms with Crippen LogP contribution in [0.4, 0.5) is 4.79 Å². The summed E-state index contributed by atoms with van der Waals surface area (Å²) in [5.41, 5.74) is 0. The van der Waals surface area contributed by atoms with Gasteiger partial charge in [-0.25, -0.2) is 4.79 Å². The van der Waals surface area contributed by atoms with Crippen LogP contribution in [0.15, 0.2) is 0 Å². The fourth-order valence-electron chi connectivity index (χ4n) is 3.05. The van der Waals surface area contributed by atoms with Gasteiger partial charge in [-0.05, 0) is 38.3 Å². The fourth-order valence-corrected chi connectivity index (χ4v) is 3.05. The van der Waals surface area contributed by atoms with Crippen LogP contribution >= 0.6 is 0 Å². The number of urea groups is 1. The van der Waals surface area contributed by atoms with Crippen molar-refractivity contribution < 1.29 is 4.79 Å². The van der Waals surface area contributed by atoms with Gasteiger partial charge in [-0.15, -0.1) is 0 Å². The summed E-state index contributed by atoms with van der Waals surface area (Å²) in [6.45, 7) is 7.11. The highest BCUT2D eigenvalue weighted by Crippen LogP contribution is 2.31. The predicted molar refractivity (Wildman–Crippen MR) is 70.5 cm³/mol. The molecule has 2 aliphatic heterocycles. The van der Waals surface area contributed by atoms with E-state index in [-0.39, 0.29) is 6.03 Å². The lowest BCUT2D eigenvalue weighted by Gasteiger charge is -2.17. The summed E-state index contributed by atoms with van der Waals surface area (Å²) in [5, 5.41) is 6.34. The number of nitrogens with one attached hydrogen (secondary N) is 2. The van der Waals surface area contributed by atoms with Crippen molar-refractivity contribution >= 4 is 6.03 Å². The Morgan fingerprint density at radius 1 is 1.28 bits per heavy atom. The van der Waals surface area contributed by atoms with E-state index in [1.807, 2.05) is 4.90 Å². The second-order valence-corrected chi connectivity index (χ2v) is 5.80. The number of nitrogens with zero attached hydrogens (tertiary/aromatic N) is 2. The van der Waals surface area contributed by atoms with Gasteiger partial charge < -0.3 is 20.4 Å². The molecule has 18 heavy (non-hydrogen) atoms. The number of rotatable bonds is 6. The summed E-state index contributed by atoms with van der Waals surface area (Å²) >= 11 is 0. The van der Waals surface area contributed by atoms with Crippen molar-refractivity contribution in [3.63, 3.8) is 0 Å². The average Bonchev–Trinajstić information content (AvgIpc) is 2.98. The maximum Gasteiger partial charge on any atom is 0.317 e. The Balaban J connectivity index is 1.27. The first-order valence-electron chi connectivity index (χ1n) is 7.30. The van der Waals surface area contributed by atoms with E-state index in [2.05, 4.69) is 15.5 Å². The summed E-state index contributed by atoms with van der Waals surface area (Å²) in [6, 6.07) is 1.01. The van der Waals surface area contributed by atoms with Crippen LogP contribution in [0.5, 0.6) is 0 Å². The van der Waals surface area contributed by atoms with Crippen LogP contribution in [-0.2, 0) is 0 Å². The summed E-state index contributed by atoms with van der Waals surface area (Å²) < 4.78 is 0. The third-order valence-electron chi connectivity index (χ3n) is 4.32. The molecule has 3 aliphatic rings. The van der Waals surface area contributed by atoms with Gasteiger partial charge in [0.05, 0.1) is 0 Å². The summed E-state index contributed by atoms with van der Waals surface area (Å²) in [6.07, 6.45) is 4.18. The normalized spacial score (nSPS) is 29.0. The largest absolute Gasteiger partial charge is 0.336 e. The van der Waals surface area contributed by atoms with Crippen LogP contribution in [0.25, 0.3) is 0 Å². The minimum Gasteiger partial charge on any atom is -0.336 e. The molecule has 0 aromatic rings. The standard InChI is InChI=1S/C13H24N4O/c18-13-15-5-8-16(13)7-4-14-9-11-3-6-17(10-11)12-1-2-12/h11-12,14H,1-10H2,(H,15,18). The highest BCUT2D eigenvalue weighted by atomic mass is 16.2. The molecule has 0 spiro atoms. The first-order chi connectivity index (χ1) is 8.83. The smallest absolute Gasteiger partial charge is 0.317 e. The quantitative estimate of drug-likeness (QED) is 0.659. The van der Waals surface area contributed by atoms with Crippen molar-refractivity contribution in [3.05, 3.63) is 0 Å². The zero-order valence-corrected chi connectivity index (χ0v) is 11.0. The Hall–Kier alpha value is -0.810. The summed E-state index contributed by atoms with van der Waals surface area (Å²) in [7, 11) is 0. The van der Waals surface area contributed by atoms with E-state index in [1.54, 1.807) is 0 Å². The van der Waals surface area contributed by atoms with Crippen LogP contribution < -0.4 is 10.6 Å². The van der Waals surface area contributed by atoms with E-state index in [0.29, 0.717) is 0 Å². The van der Waals surface area contributed by atoms with Gasteiger partial charge in [-0.3, -0.25) is 0 Å². The molecule has 0 aromatic heterocycles. The van der Waals surface area contributed by atoms with Crippen LogP contribution in [0.2, 0.25) is 0 Å². The first kappa shape index (κ1) is 12.2. The monoisotopic (exact) mass is 252 g/mol. The highest BCUT2D eigenvalue weighted by Gasteiger charge is 2.34. The third-order valence-corrected chi connectivity index (χ3v) is 4.32. The Labute approximate surface area is 109 Å². The fraction of sp³-hybridized carbons (Fsp3) is 0.923. The van der Waals surface area contributed by atoms with Crippen LogP contribution in [0.3, 0.4) is 0 Å². The molecule has 2 saturated heterocycles. The molecule has 3 rings (SSSR count). The third kappa shape index (κ3) is 2.95. The molecule has 0 radical (unpaired) electrons. The molecule has 0 aromatic carbocycles. The maximum absolute atomic E-state index is 11.3.